The lowest BCUT2D eigenvalue weighted by atomic mass is 9.98. The molecule has 0 aromatic carbocycles. The molecule has 2 aliphatic heterocycles. The Bertz CT molecular complexity index is 454. The van der Waals surface area contributed by atoms with E-state index in [1.165, 1.54) is 5.01 Å². The zero-order chi connectivity index (χ0) is 14.7. The summed E-state index contributed by atoms with van der Waals surface area (Å²) in [4.78, 5) is 9.65. The van der Waals surface area contributed by atoms with E-state index in [1.54, 1.807) is 18.4 Å². The molecule has 2 atom stereocenters. The van der Waals surface area contributed by atoms with E-state index < -0.39 is 0 Å². The van der Waals surface area contributed by atoms with Gasteiger partial charge in [0.15, 0.2) is 0 Å². The summed E-state index contributed by atoms with van der Waals surface area (Å²) in [6.45, 7) is 8.91. The summed E-state index contributed by atoms with van der Waals surface area (Å²) < 4.78 is 11.2. The van der Waals surface area contributed by atoms with Crippen LogP contribution in [0, 0.1) is 6.92 Å². The van der Waals surface area contributed by atoms with Crippen molar-refractivity contribution in [2.45, 2.75) is 32.0 Å². The maximum atomic E-state index is 5.97. The van der Waals surface area contributed by atoms with Crippen LogP contribution in [0.4, 0.5) is 0 Å². The van der Waals surface area contributed by atoms with Gasteiger partial charge in [-0.05, 0) is 13.3 Å². The Balaban J connectivity index is 1.59. The molecular weight excluding hydrogens is 286 g/mol. The summed E-state index contributed by atoms with van der Waals surface area (Å²) in [7, 11) is 1.77. The summed E-state index contributed by atoms with van der Waals surface area (Å²) in [6, 6.07) is 0.503. The summed E-state index contributed by atoms with van der Waals surface area (Å²) in [5.74, 6) is 0. The van der Waals surface area contributed by atoms with Gasteiger partial charge in [0, 0.05) is 50.4 Å². The van der Waals surface area contributed by atoms with Crippen LogP contribution >= 0.6 is 11.3 Å². The highest BCUT2D eigenvalue weighted by Crippen LogP contribution is 2.24. The summed E-state index contributed by atoms with van der Waals surface area (Å²) >= 11 is 1.77. The number of hydrogen-bond acceptors (Lipinski definition) is 6. The van der Waals surface area contributed by atoms with E-state index >= 15 is 0 Å². The van der Waals surface area contributed by atoms with Crippen molar-refractivity contribution in [3.8, 4) is 0 Å². The molecule has 0 saturated carbocycles. The van der Waals surface area contributed by atoms with Gasteiger partial charge in [-0.1, -0.05) is 0 Å². The molecule has 3 rings (SSSR count). The second-order valence-corrected chi connectivity index (χ2v) is 6.85. The minimum absolute atomic E-state index is 0.393. The highest BCUT2D eigenvalue weighted by Gasteiger charge is 2.36. The fourth-order valence-corrected chi connectivity index (χ4v) is 4.12. The number of morpholine rings is 1. The molecule has 0 radical (unpaired) electrons. The van der Waals surface area contributed by atoms with E-state index in [1.807, 2.05) is 0 Å². The molecule has 21 heavy (non-hydrogen) atoms. The van der Waals surface area contributed by atoms with Crippen LogP contribution in [0.3, 0.4) is 0 Å². The molecule has 5 nitrogen and oxygen atoms in total. The van der Waals surface area contributed by atoms with Gasteiger partial charge in [-0.15, -0.1) is 11.3 Å². The minimum atomic E-state index is 0.393. The van der Waals surface area contributed by atoms with Crippen molar-refractivity contribution in [3.05, 3.63) is 16.1 Å². The monoisotopic (exact) mass is 311 g/mol. The molecule has 2 fully saturated rings. The van der Waals surface area contributed by atoms with Crippen molar-refractivity contribution in [3.63, 3.8) is 0 Å². The number of thiazole rings is 1. The fraction of sp³-hybridized carbons (Fsp3) is 0.800. The van der Waals surface area contributed by atoms with Crippen LogP contribution in [0.2, 0.25) is 0 Å². The van der Waals surface area contributed by atoms with Gasteiger partial charge < -0.3 is 9.47 Å². The average Bonchev–Trinajstić information content (AvgIpc) is 2.90. The van der Waals surface area contributed by atoms with Gasteiger partial charge in [0.1, 0.15) is 5.01 Å². The number of aryl methyl sites for hydroxylation is 1. The van der Waals surface area contributed by atoms with Gasteiger partial charge in [0.25, 0.3) is 0 Å². The zero-order valence-electron chi connectivity index (χ0n) is 13.0. The van der Waals surface area contributed by atoms with Gasteiger partial charge in [-0.2, -0.15) is 0 Å². The molecule has 0 bridgehead atoms. The number of rotatable bonds is 5. The number of piperidine rings is 1. The standard InChI is InChI=1S/C15H25N3O2S/c1-12-11-21-15(16-12)10-17-4-3-14-13(9-17)18(5-7-19-2)6-8-20-14/h11,13-14H,3-10H2,1-2H3/t13-,14-/m1/s1. The molecule has 0 aliphatic carbocycles. The molecule has 2 saturated heterocycles. The molecule has 3 heterocycles. The zero-order valence-corrected chi connectivity index (χ0v) is 13.8. The summed E-state index contributed by atoms with van der Waals surface area (Å²) in [6.07, 6.45) is 1.52. The first-order valence-electron chi connectivity index (χ1n) is 7.74. The highest BCUT2D eigenvalue weighted by atomic mass is 32.1. The van der Waals surface area contributed by atoms with Crippen molar-refractivity contribution < 1.29 is 9.47 Å². The molecule has 1 aromatic rings. The van der Waals surface area contributed by atoms with Crippen molar-refractivity contribution in [2.24, 2.45) is 0 Å². The fourth-order valence-electron chi connectivity index (χ4n) is 3.30. The molecule has 118 valence electrons. The van der Waals surface area contributed by atoms with Gasteiger partial charge in [-0.3, -0.25) is 9.80 Å². The Kier molecular flexibility index (Phi) is 5.24. The maximum Gasteiger partial charge on any atom is 0.107 e. The van der Waals surface area contributed by atoms with Crippen molar-refractivity contribution in [1.29, 1.82) is 0 Å². The van der Waals surface area contributed by atoms with Crippen LogP contribution in [-0.2, 0) is 16.0 Å². The Labute approximate surface area is 130 Å². The Morgan fingerprint density at radius 2 is 2.38 bits per heavy atom. The maximum absolute atomic E-state index is 5.97. The van der Waals surface area contributed by atoms with Crippen LogP contribution < -0.4 is 0 Å². The number of nitrogens with zero attached hydrogens (tertiary/aromatic N) is 3. The predicted octanol–water partition coefficient (Wildman–Crippen LogP) is 1.37. The number of methoxy groups -OCH3 is 1. The minimum Gasteiger partial charge on any atom is -0.383 e. The largest absolute Gasteiger partial charge is 0.383 e. The third kappa shape index (κ3) is 3.81. The lowest BCUT2D eigenvalue weighted by Crippen LogP contribution is -2.60. The smallest absolute Gasteiger partial charge is 0.107 e. The lowest BCUT2D eigenvalue weighted by molar-refractivity contribution is -0.107. The first-order valence-corrected chi connectivity index (χ1v) is 8.62. The third-order valence-electron chi connectivity index (χ3n) is 4.39. The SMILES string of the molecule is COCCN1CCO[C@@H]2CCN(Cc3nc(C)cs3)C[C@H]21. The van der Waals surface area contributed by atoms with Gasteiger partial charge in [0.2, 0.25) is 0 Å². The second kappa shape index (κ2) is 7.15. The van der Waals surface area contributed by atoms with E-state index in [-0.39, 0.29) is 0 Å². The number of hydrogen-bond donors (Lipinski definition) is 0. The van der Waals surface area contributed by atoms with Gasteiger partial charge in [-0.25, -0.2) is 4.98 Å². The number of ether oxygens (including phenoxy) is 2. The molecule has 2 aliphatic rings. The lowest BCUT2D eigenvalue weighted by Gasteiger charge is -2.47. The average molecular weight is 311 g/mol. The molecular formula is C15H25N3O2S. The number of fused-ring (bicyclic) bond motifs is 1. The van der Waals surface area contributed by atoms with Crippen molar-refractivity contribution in [2.75, 3.05) is 46.5 Å². The third-order valence-corrected chi connectivity index (χ3v) is 5.34. The van der Waals surface area contributed by atoms with Gasteiger partial charge >= 0.3 is 0 Å². The first kappa shape index (κ1) is 15.4. The Morgan fingerprint density at radius 1 is 1.48 bits per heavy atom. The molecule has 0 amide bonds. The van der Waals surface area contributed by atoms with Crippen LogP contribution in [0.1, 0.15) is 17.1 Å². The quantitative estimate of drug-likeness (QED) is 0.821. The van der Waals surface area contributed by atoms with E-state index in [9.17, 15) is 0 Å². The Hall–Kier alpha value is -0.530. The van der Waals surface area contributed by atoms with Crippen LogP contribution in [0.25, 0.3) is 0 Å². The highest BCUT2D eigenvalue weighted by molar-refractivity contribution is 7.09. The van der Waals surface area contributed by atoms with Gasteiger partial charge in [0.05, 0.1) is 25.9 Å². The molecule has 0 spiro atoms. The predicted molar refractivity (Wildman–Crippen MR) is 83.7 cm³/mol. The molecule has 1 aromatic heterocycles. The first-order chi connectivity index (χ1) is 10.3. The molecule has 0 unspecified atom stereocenters. The van der Waals surface area contributed by atoms with Crippen LogP contribution in [0.5, 0.6) is 0 Å². The number of aromatic nitrogens is 1. The van der Waals surface area contributed by atoms with E-state index in [4.69, 9.17) is 9.47 Å². The number of likely N-dealkylation sites (tertiary alicyclic amines) is 1. The molecule has 6 heteroatoms. The van der Waals surface area contributed by atoms with E-state index in [2.05, 4.69) is 27.1 Å². The normalized spacial score (nSPS) is 27.7. The summed E-state index contributed by atoms with van der Waals surface area (Å²) in [5.41, 5.74) is 1.13. The van der Waals surface area contributed by atoms with Crippen LogP contribution in [0.15, 0.2) is 5.38 Å². The Morgan fingerprint density at radius 3 is 3.14 bits per heavy atom. The topological polar surface area (TPSA) is 37.8 Å². The van der Waals surface area contributed by atoms with E-state index in [0.29, 0.717) is 12.1 Å². The van der Waals surface area contributed by atoms with Crippen LogP contribution in [-0.4, -0.2) is 73.4 Å². The second-order valence-electron chi connectivity index (χ2n) is 5.91. The summed E-state index contributed by atoms with van der Waals surface area (Å²) in [5, 5.41) is 3.36. The molecule has 0 N–H and O–H groups in total. The van der Waals surface area contributed by atoms with E-state index in [0.717, 1.165) is 58.1 Å². The van der Waals surface area contributed by atoms with Crippen molar-refractivity contribution >= 4 is 11.3 Å². The van der Waals surface area contributed by atoms with Crippen molar-refractivity contribution in [1.82, 2.24) is 14.8 Å².